The van der Waals surface area contributed by atoms with Crippen molar-refractivity contribution in [2.75, 3.05) is 5.32 Å². The maximum absolute atomic E-state index is 11.2. The number of fused-ring (bicyclic) bond motifs is 2. The zero-order valence-corrected chi connectivity index (χ0v) is 12.3. The van der Waals surface area contributed by atoms with E-state index in [4.69, 9.17) is 0 Å². The average molecular weight is 300 g/mol. The Bertz CT molecular complexity index is 710. The SMILES string of the molecule is O=C(O)C1CCc2sc(NC3CCc4ccccc43)nc21. The largest absolute Gasteiger partial charge is 0.481 e. The van der Waals surface area contributed by atoms with E-state index in [1.807, 2.05) is 0 Å². The van der Waals surface area contributed by atoms with E-state index in [0.717, 1.165) is 35.0 Å². The molecule has 21 heavy (non-hydrogen) atoms. The van der Waals surface area contributed by atoms with Crippen LogP contribution < -0.4 is 5.32 Å². The normalized spacial score (nSPS) is 22.9. The second kappa shape index (κ2) is 4.84. The summed E-state index contributed by atoms with van der Waals surface area (Å²) in [7, 11) is 0. The minimum absolute atomic E-state index is 0.302. The molecule has 2 N–H and O–H groups in total. The summed E-state index contributed by atoms with van der Waals surface area (Å²) in [5.74, 6) is -1.17. The monoisotopic (exact) mass is 300 g/mol. The third kappa shape index (κ3) is 2.12. The molecule has 2 aliphatic rings. The molecule has 1 aromatic heterocycles. The topological polar surface area (TPSA) is 62.2 Å². The number of benzene rings is 1. The predicted molar refractivity (Wildman–Crippen MR) is 81.9 cm³/mol. The molecule has 0 aliphatic heterocycles. The van der Waals surface area contributed by atoms with Gasteiger partial charge in [0.05, 0.1) is 11.7 Å². The smallest absolute Gasteiger partial charge is 0.312 e. The minimum Gasteiger partial charge on any atom is -0.481 e. The van der Waals surface area contributed by atoms with E-state index < -0.39 is 11.9 Å². The van der Waals surface area contributed by atoms with Crippen LogP contribution in [-0.2, 0) is 17.6 Å². The first-order valence-corrected chi connectivity index (χ1v) is 8.11. The first-order chi connectivity index (χ1) is 10.2. The van der Waals surface area contributed by atoms with E-state index in [0.29, 0.717) is 12.5 Å². The summed E-state index contributed by atoms with van der Waals surface area (Å²) < 4.78 is 0. The zero-order valence-electron chi connectivity index (χ0n) is 11.5. The number of aromatic nitrogens is 1. The molecule has 4 nitrogen and oxygen atoms in total. The van der Waals surface area contributed by atoms with Gasteiger partial charge >= 0.3 is 5.97 Å². The molecule has 2 aromatic rings. The van der Waals surface area contributed by atoms with Crippen LogP contribution in [0.1, 0.15) is 46.5 Å². The maximum Gasteiger partial charge on any atom is 0.312 e. The van der Waals surface area contributed by atoms with Crippen LogP contribution >= 0.6 is 11.3 Å². The lowest BCUT2D eigenvalue weighted by molar-refractivity contribution is -0.138. The van der Waals surface area contributed by atoms with Crippen LogP contribution in [0.2, 0.25) is 0 Å². The Morgan fingerprint density at radius 1 is 1.29 bits per heavy atom. The zero-order chi connectivity index (χ0) is 14.4. The molecule has 0 saturated heterocycles. The number of rotatable bonds is 3. The van der Waals surface area contributed by atoms with E-state index in [9.17, 15) is 9.90 Å². The molecule has 4 rings (SSSR count). The summed E-state index contributed by atoms with van der Waals surface area (Å²) in [6.45, 7) is 0. The van der Waals surface area contributed by atoms with Crippen molar-refractivity contribution in [1.82, 2.24) is 4.98 Å². The Labute approximate surface area is 126 Å². The summed E-state index contributed by atoms with van der Waals surface area (Å²) >= 11 is 1.62. The van der Waals surface area contributed by atoms with E-state index in [1.165, 1.54) is 11.1 Å². The Morgan fingerprint density at radius 2 is 2.14 bits per heavy atom. The van der Waals surface area contributed by atoms with Gasteiger partial charge in [0.2, 0.25) is 0 Å². The van der Waals surface area contributed by atoms with Gasteiger partial charge < -0.3 is 10.4 Å². The highest BCUT2D eigenvalue weighted by Crippen LogP contribution is 2.40. The van der Waals surface area contributed by atoms with Crippen molar-refractivity contribution >= 4 is 22.4 Å². The molecule has 2 atom stereocenters. The Hall–Kier alpha value is -1.88. The fourth-order valence-electron chi connectivity index (χ4n) is 3.39. The van der Waals surface area contributed by atoms with Crippen molar-refractivity contribution in [3.63, 3.8) is 0 Å². The number of carboxylic acids is 1. The van der Waals surface area contributed by atoms with Crippen LogP contribution in [0.5, 0.6) is 0 Å². The molecule has 0 saturated carbocycles. The molecule has 108 valence electrons. The number of carboxylic acid groups (broad SMARTS) is 1. The van der Waals surface area contributed by atoms with Gasteiger partial charge in [0.25, 0.3) is 0 Å². The number of hydrogen-bond acceptors (Lipinski definition) is 4. The van der Waals surface area contributed by atoms with Crippen molar-refractivity contribution in [2.45, 2.75) is 37.6 Å². The predicted octanol–water partition coefficient (Wildman–Crippen LogP) is 3.36. The summed E-state index contributed by atoms with van der Waals surface area (Å²) in [6, 6.07) is 8.80. The number of carbonyl (C=O) groups is 1. The molecule has 0 amide bonds. The van der Waals surface area contributed by atoms with Gasteiger partial charge in [-0.2, -0.15) is 0 Å². The molecule has 5 heteroatoms. The second-order valence-corrected chi connectivity index (χ2v) is 6.77. The molecule has 0 bridgehead atoms. The fourth-order valence-corrected chi connectivity index (χ4v) is 4.48. The molecule has 0 radical (unpaired) electrons. The van der Waals surface area contributed by atoms with Gasteiger partial charge in [0, 0.05) is 4.88 Å². The standard InChI is InChI=1S/C16H16N2O2S/c19-15(20)11-6-8-13-14(11)18-16(21-13)17-12-7-5-9-3-1-2-4-10(9)12/h1-4,11-12H,5-8H2,(H,17,18)(H,19,20). The lowest BCUT2D eigenvalue weighted by atomic mass is 10.1. The number of hydrogen-bond donors (Lipinski definition) is 2. The Kier molecular flexibility index (Phi) is 2.96. The van der Waals surface area contributed by atoms with Gasteiger partial charge in [0.15, 0.2) is 5.13 Å². The van der Waals surface area contributed by atoms with E-state index in [1.54, 1.807) is 11.3 Å². The van der Waals surface area contributed by atoms with Crippen LogP contribution in [-0.4, -0.2) is 16.1 Å². The summed E-state index contributed by atoms with van der Waals surface area (Å²) in [5.41, 5.74) is 3.53. The first kappa shape index (κ1) is 12.8. The summed E-state index contributed by atoms with van der Waals surface area (Å²) in [4.78, 5) is 16.9. The Morgan fingerprint density at radius 3 is 3.00 bits per heavy atom. The highest BCUT2D eigenvalue weighted by atomic mass is 32.1. The van der Waals surface area contributed by atoms with Crippen LogP contribution in [0.3, 0.4) is 0 Å². The maximum atomic E-state index is 11.2. The Balaban J connectivity index is 1.57. The van der Waals surface area contributed by atoms with Gasteiger partial charge in [-0.15, -0.1) is 11.3 Å². The van der Waals surface area contributed by atoms with Gasteiger partial charge in [-0.3, -0.25) is 4.79 Å². The molecule has 1 aromatic carbocycles. The van der Waals surface area contributed by atoms with Crippen molar-refractivity contribution in [3.8, 4) is 0 Å². The molecular weight excluding hydrogens is 284 g/mol. The summed E-state index contributed by atoms with van der Waals surface area (Å²) in [5, 5.41) is 13.6. The van der Waals surface area contributed by atoms with Gasteiger partial charge in [0.1, 0.15) is 5.92 Å². The number of aliphatic carboxylic acids is 1. The third-order valence-electron chi connectivity index (χ3n) is 4.45. The molecule has 0 spiro atoms. The second-order valence-electron chi connectivity index (χ2n) is 5.69. The molecule has 2 unspecified atom stereocenters. The van der Waals surface area contributed by atoms with Gasteiger partial charge in [-0.25, -0.2) is 4.98 Å². The highest BCUT2D eigenvalue weighted by Gasteiger charge is 2.33. The lowest BCUT2D eigenvalue weighted by Gasteiger charge is -2.13. The van der Waals surface area contributed by atoms with Crippen molar-refractivity contribution in [3.05, 3.63) is 46.0 Å². The van der Waals surface area contributed by atoms with Crippen molar-refractivity contribution in [1.29, 1.82) is 0 Å². The average Bonchev–Trinajstić information content (AvgIpc) is 3.13. The molecule has 1 heterocycles. The van der Waals surface area contributed by atoms with Gasteiger partial charge in [-0.05, 0) is 36.8 Å². The molecular formula is C16H16N2O2S. The van der Waals surface area contributed by atoms with Gasteiger partial charge in [-0.1, -0.05) is 24.3 Å². The highest BCUT2D eigenvalue weighted by molar-refractivity contribution is 7.15. The van der Waals surface area contributed by atoms with Crippen molar-refractivity contribution in [2.24, 2.45) is 0 Å². The first-order valence-electron chi connectivity index (χ1n) is 7.29. The molecule has 2 aliphatic carbocycles. The third-order valence-corrected chi connectivity index (χ3v) is 5.51. The number of anilines is 1. The molecule has 0 fully saturated rings. The number of aryl methyl sites for hydroxylation is 2. The van der Waals surface area contributed by atoms with Crippen LogP contribution in [0.25, 0.3) is 0 Å². The minimum atomic E-state index is -0.753. The number of thiazole rings is 1. The number of nitrogens with zero attached hydrogens (tertiary/aromatic N) is 1. The van der Waals surface area contributed by atoms with Crippen molar-refractivity contribution < 1.29 is 9.90 Å². The van der Waals surface area contributed by atoms with Crippen LogP contribution in [0.4, 0.5) is 5.13 Å². The van der Waals surface area contributed by atoms with Crippen LogP contribution in [0, 0.1) is 0 Å². The fraction of sp³-hybridized carbons (Fsp3) is 0.375. The summed E-state index contributed by atoms with van der Waals surface area (Å²) in [6.07, 6.45) is 3.70. The number of nitrogens with one attached hydrogen (secondary N) is 1. The van der Waals surface area contributed by atoms with E-state index in [2.05, 4.69) is 34.6 Å². The lowest BCUT2D eigenvalue weighted by Crippen LogP contribution is -2.10. The quantitative estimate of drug-likeness (QED) is 0.912. The van der Waals surface area contributed by atoms with E-state index >= 15 is 0 Å². The van der Waals surface area contributed by atoms with Crippen LogP contribution in [0.15, 0.2) is 24.3 Å². The van der Waals surface area contributed by atoms with E-state index in [-0.39, 0.29) is 0 Å².